The Balaban J connectivity index is 1.63. The summed E-state index contributed by atoms with van der Waals surface area (Å²) in [6.07, 6.45) is 2.80. The van der Waals surface area contributed by atoms with Crippen LogP contribution < -0.4 is 5.32 Å². The molecule has 2 heterocycles. The number of aliphatic hydroxyl groups excluding tert-OH is 1. The summed E-state index contributed by atoms with van der Waals surface area (Å²) in [5.41, 5.74) is 0.955. The van der Waals surface area contributed by atoms with Gasteiger partial charge in [0.1, 0.15) is 12.4 Å². The van der Waals surface area contributed by atoms with Gasteiger partial charge in [-0.2, -0.15) is 0 Å². The van der Waals surface area contributed by atoms with Gasteiger partial charge in [-0.15, -0.1) is 0 Å². The fraction of sp³-hybridized carbons (Fsp3) is 0.400. The van der Waals surface area contributed by atoms with Crippen LogP contribution in [0.25, 0.3) is 0 Å². The van der Waals surface area contributed by atoms with Crippen LogP contribution >= 0.6 is 0 Å². The molecule has 0 amide bonds. The van der Waals surface area contributed by atoms with Gasteiger partial charge >= 0.3 is 0 Å². The van der Waals surface area contributed by atoms with Crippen molar-refractivity contribution in [2.75, 3.05) is 13.2 Å². The second-order valence-electron chi connectivity index (χ2n) is 4.63. The lowest BCUT2D eigenvalue weighted by Gasteiger charge is -2.16. The highest BCUT2D eigenvalue weighted by atomic mass is 16.5. The van der Waals surface area contributed by atoms with Gasteiger partial charge in [0.25, 0.3) is 0 Å². The first-order valence-electron chi connectivity index (χ1n) is 6.68. The van der Waals surface area contributed by atoms with Crippen molar-refractivity contribution in [1.82, 2.24) is 10.3 Å². The minimum atomic E-state index is -0.559. The van der Waals surface area contributed by atoms with E-state index in [1.807, 2.05) is 37.3 Å². The van der Waals surface area contributed by atoms with Gasteiger partial charge in [-0.1, -0.05) is 6.07 Å². The zero-order valence-electron chi connectivity index (χ0n) is 11.5. The Bertz CT molecular complexity index is 473. The van der Waals surface area contributed by atoms with Crippen molar-refractivity contribution < 1.29 is 14.3 Å². The molecule has 2 atom stereocenters. The van der Waals surface area contributed by atoms with Crippen molar-refractivity contribution in [3.8, 4) is 0 Å². The van der Waals surface area contributed by atoms with Crippen LogP contribution in [-0.2, 0) is 11.3 Å². The minimum Gasteiger partial charge on any atom is -0.467 e. The Morgan fingerprint density at radius 3 is 2.95 bits per heavy atom. The molecular weight excluding hydrogens is 256 g/mol. The fourth-order valence-corrected chi connectivity index (χ4v) is 1.80. The summed E-state index contributed by atoms with van der Waals surface area (Å²) < 4.78 is 10.5. The summed E-state index contributed by atoms with van der Waals surface area (Å²) in [6.45, 7) is 3.11. The van der Waals surface area contributed by atoms with Crippen LogP contribution in [0.15, 0.2) is 47.2 Å². The van der Waals surface area contributed by atoms with Crippen molar-refractivity contribution >= 4 is 0 Å². The van der Waals surface area contributed by atoms with E-state index in [0.717, 1.165) is 11.5 Å². The molecule has 0 radical (unpaired) electrons. The standard InChI is InChI=1S/C15H20N2O3/c1-12(15-6-2-3-7-16-15)17-9-13(18)10-19-11-14-5-4-8-20-14/h2-8,12-13,17-18H,9-11H2,1H3/t12-,13?/m0/s1. The molecule has 0 aromatic carbocycles. The first-order chi connectivity index (χ1) is 9.75. The molecule has 108 valence electrons. The molecule has 0 spiro atoms. The lowest BCUT2D eigenvalue weighted by molar-refractivity contribution is 0.0217. The van der Waals surface area contributed by atoms with Crippen LogP contribution in [0.2, 0.25) is 0 Å². The highest BCUT2D eigenvalue weighted by Gasteiger charge is 2.09. The molecule has 2 rings (SSSR count). The van der Waals surface area contributed by atoms with Crippen molar-refractivity contribution in [3.63, 3.8) is 0 Å². The maximum atomic E-state index is 9.84. The number of ether oxygens (including phenoxy) is 1. The summed E-state index contributed by atoms with van der Waals surface area (Å²) in [6, 6.07) is 9.53. The maximum absolute atomic E-state index is 9.84. The van der Waals surface area contributed by atoms with Gasteiger partial charge in [-0.25, -0.2) is 0 Å². The van der Waals surface area contributed by atoms with E-state index in [2.05, 4.69) is 10.3 Å². The number of hydrogen-bond donors (Lipinski definition) is 2. The van der Waals surface area contributed by atoms with E-state index < -0.39 is 6.10 Å². The average molecular weight is 276 g/mol. The van der Waals surface area contributed by atoms with Gasteiger partial charge in [0.2, 0.25) is 0 Å². The van der Waals surface area contributed by atoms with E-state index in [9.17, 15) is 5.11 Å². The number of nitrogens with zero attached hydrogens (tertiary/aromatic N) is 1. The van der Waals surface area contributed by atoms with Crippen LogP contribution in [0.5, 0.6) is 0 Å². The number of hydrogen-bond acceptors (Lipinski definition) is 5. The molecule has 5 heteroatoms. The van der Waals surface area contributed by atoms with E-state index in [4.69, 9.17) is 9.15 Å². The molecule has 2 aromatic heterocycles. The maximum Gasteiger partial charge on any atom is 0.129 e. The van der Waals surface area contributed by atoms with E-state index in [-0.39, 0.29) is 12.6 Å². The van der Waals surface area contributed by atoms with Crippen molar-refractivity contribution in [2.24, 2.45) is 0 Å². The molecule has 2 N–H and O–H groups in total. The number of rotatable bonds is 8. The second-order valence-corrected chi connectivity index (χ2v) is 4.63. The van der Waals surface area contributed by atoms with E-state index in [0.29, 0.717) is 13.2 Å². The zero-order chi connectivity index (χ0) is 14.2. The fourth-order valence-electron chi connectivity index (χ4n) is 1.80. The molecule has 0 aliphatic rings. The zero-order valence-corrected chi connectivity index (χ0v) is 11.5. The van der Waals surface area contributed by atoms with E-state index in [1.165, 1.54) is 0 Å². The largest absolute Gasteiger partial charge is 0.467 e. The van der Waals surface area contributed by atoms with Gasteiger partial charge in [0.05, 0.1) is 24.7 Å². The molecule has 0 fully saturated rings. The molecule has 0 aliphatic carbocycles. The average Bonchev–Trinajstić information content (AvgIpc) is 2.99. The molecule has 0 saturated carbocycles. The third-order valence-corrected chi connectivity index (χ3v) is 2.93. The van der Waals surface area contributed by atoms with Crippen LogP contribution in [0.3, 0.4) is 0 Å². The third-order valence-electron chi connectivity index (χ3n) is 2.93. The number of aromatic nitrogens is 1. The summed E-state index contributed by atoms with van der Waals surface area (Å²) in [4.78, 5) is 4.26. The number of aliphatic hydroxyl groups is 1. The predicted molar refractivity (Wildman–Crippen MR) is 75.0 cm³/mol. The van der Waals surface area contributed by atoms with Crippen LogP contribution in [0.1, 0.15) is 24.4 Å². The normalized spacial score (nSPS) is 14.1. The lowest BCUT2D eigenvalue weighted by atomic mass is 10.2. The first kappa shape index (κ1) is 14.7. The van der Waals surface area contributed by atoms with Crippen LogP contribution in [0, 0.1) is 0 Å². The number of pyridine rings is 1. The SMILES string of the molecule is C[C@H](NCC(O)COCc1ccco1)c1ccccn1. The van der Waals surface area contributed by atoms with Gasteiger partial charge in [0, 0.05) is 18.8 Å². The lowest BCUT2D eigenvalue weighted by Crippen LogP contribution is -2.32. The van der Waals surface area contributed by atoms with Gasteiger partial charge in [-0.3, -0.25) is 4.98 Å². The monoisotopic (exact) mass is 276 g/mol. The minimum absolute atomic E-state index is 0.0934. The van der Waals surface area contributed by atoms with E-state index in [1.54, 1.807) is 12.5 Å². The van der Waals surface area contributed by atoms with Gasteiger partial charge in [0.15, 0.2) is 0 Å². The highest BCUT2D eigenvalue weighted by Crippen LogP contribution is 2.07. The van der Waals surface area contributed by atoms with Crippen LogP contribution in [0.4, 0.5) is 0 Å². The Kier molecular flexibility index (Phi) is 5.73. The van der Waals surface area contributed by atoms with Gasteiger partial charge < -0.3 is 19.6 Å². The molecule has 1 unspecified atom stereocenters. The summed E-state index contributed by atoms with van der Waals surface area (Å²) in [5.74, 6) is 0.756. The summed E-state index contributed by atoms with van der Waals surface area (Å²) in [5, 5.41) is 13.1. The summed E-state index contributed by atoms with van der Waals surface area (Å²) >= 11 is 0. The van der Waals surface area contributed by atoms with Crippen molar-refractivity contribution in [2.45, 2.75) is 25.7 Å². The molecule has 0 bridgehead atoms. The van der Waals surface area contributed by atoms with E-state index >= 15 is 0 Å². The van der Waals surface area contributed by atoms with Crippen molar-refractivity contribution in [3.05, 3.63) is 54.2 Å². The van der Waals surface area contributed by atoms with Crippen molar-refractivity contribution in [1.29, 1.82) is 0 Å². The van der Waals surface area contributed by atoms with Crippen LogP contribution in [-0.4, -0.2) is 29.3 Å². The van der Waals surface area contributed by atoms with Gasteiger partial charge in [-0.05, 0) is 31.2 Å². The smallest absolute Gasteiger partial charge is 0.129 e. The Hall–Kier alpha value is -1.69. The quantitative estimate of drug-likeness (QED) is 0.771. The molecule has 20 heavy (non-hydrogen) atoms. The molecular formula is C15H20N2O3. The predicted octanol–water partition coefficient (Wildman–Crippen LogP) is 1.90. The third kappa shape index (κ3) is 4.77. The number of nitrogens with one attached hydrogen (secondary N) is 1. The Morgan fingerprint density at radius 1 is 1.35 bits per heavy atom. The molecule has 0 aliphatic heterocycles. The number of furan rings is 1. The highest BCUT2D eigenvalue weighted by molar-refractivity contribution is 5.07. The molecule has 2 aromatic rings. The second kappa shape index (κ2) is 7.79. The summed E-state index contributed by atoms with van der Waals surface area (Å²) in [7, 11) is 0. The molecule has 5 nitrogen and oxygen atoms in total. The first-order valence-corrected chi connectivity index (χ1v) is 6.68. The molecule has 0 saturated heterocycles. The Morgan fingerprint density at radius 2 is 2.25 bits per heavy atom. The topological polar surface area (TPSA) is 67.5 Å². The Labute approximate surface area is 118 Å².